The normalized spacial score (nSPS) is 12.2. The van der Waals surface area contributed by atoms with Crippen LogP contribution in [0.15, 0.2) is 72.8 Å². The molecule has 0 radical (unpaired) electrons. The standard InChI is InChI=1S/C24H27N/c1-17(2)23(19-12-6-5-7-13-19)21-15-10-16-22(25-4)24(21)20-14-9-8-11-18(20)3/h5-17,23,25H,1-4H3. The Balaban J connectivity index is 2.27. The third-order valence-corrected chi connectivity index (χ3v) is 4.94. The second kappa shape index (κ2) is 7.57. The smallest absolute Gasteiger partial charge is 0.0420 e. The van der Waals surface area contributed by atoms with Crippen molar-refractivity contribution < 1.29 is 0 Å². The van der Waals surface area contributed by atoms with Crippen LogP contribution in [-0.2, 0) is 0 Å². The van der Waals surface area contributed by atoms with Gasteiger partial charge in [-0.1, -0.05) is 80.6 Å². The van der Waals surface area contributed by atoms with Gasteiger partial charge >= 0.3 is 0 Å². The Morgan fingerprint density at radius 1 is 0.760 bits per heavy atom. The maximum atomic E-state index is 3.41. The van der Waals surface area contributed by atoms with Crippen LogP contribution in [-0.4, -0.2) is 7.05 Å². The first-order chi connectivity index (χ1) is 12.1. The Morgan fingerprint density at radius 2 is 1.44 bits per heavy atom. The molecule has 0 amide bonds. The van der Waals surface area contributed by atoms with Gasteiger partial charge in [-0.25, -0.2) is 0 Å². The highest BCUT2D eigenvalue weighted by Crippen LogP contribution is 2.42. The van der Waals surface area contributed by atoms with Crippen LogP contribution in [0.5, 0.6) is 0 Å². The van der Waals surface area contributed by atoms with Gasteiger partial charge in [-0.05, 0) is 41.2 Å². The summed E-state index contributed by atoms with van der Waals surface area (Å²) in [5.74, 6) is 0.876. The Labute approximate surface area is 151 Å². The molecule has 0 bridgehead atoms. The zero-order chi connectivity index (χ0) is 17.8. The van der Waals surface area contributed by atoms with Crippen LogP contribution < -0.4 is 5.32 Å². The van der Waals surface area contributed by atoms with E-state index in [-0.39, 0.29) is 0 Å². The molecule has 3 aromatic carbocycles. The maximum Gasteiger partial charge on any atom is 0.0420 e. The van der Waals surface area contributed by atoms with Gasteiger partial charge in [0.15, 0.2) is 0 Å². The van der Waals surface area contributed by atoms with Crippen molar-refractivity contribution in [2.45, 2.75) is 26.7 Å². The van der Waals surface area contributed by atoms with Crippen LogP contribution in [0.25, 0.3) is 11.1 Å². The molecule has 1 heteroatoms. The summed E-state index contributed by atoms with van der Waals surface area (Å²) in [6, 6.07) is 26.2. The zero-order valence-corrected chi connectivity index (χ0v) is 15.6. The van der Waals surface area contributed by atoms with Crippen molar-refractivity contribution in [3.05, 3.63) is 89.5 Å². The van der Waals surface area contributed by atoms with Crippen LogP contribution in [0, 0.1) is 12.8 Å². The zero-order valence-electron chi connectivity index (χ0n) is 15.6. The van der Waals surface area contributed by atoms with Crippen molar-refractivity contribution in [1.29, 1.82) is 0 Å². The van der Waals surface area contributed by atoms with E-state index in [9.17, 15) is 0 Å². The predicted molar refractivity (Wildman–Crippen MR) is 109 cm³/mol. The van der Waals surface area contributed by atoms with E-state index >= 15 is 0 Å². The minimum Gasteiger partial charge on any atom is -0.388 e. The second-order valence-corrected chi connectivity index (χ2v) is 6.97. The van der Waals surface area contributed by atoms with Crippen LogP contribution in [0.3, 0.4) is 0 Å². The third kappa shape index (κ3) is 3.46. The molecule has 1 N–H and O–H groups in total. The summed E-state index contributed by atoms with van der Waals surface area (Å²) in [5.41, 5.74) is 7.90. The first-order valence-electron chi connectivity index (χ1n) is 9.05. The number of nitrogens with one attached hydrogen (secondary N) is 1. The molecule has 0 saturated carbocycles. The highest BCUT2D eigenvalue weighted by Gasteiger charge is 2.23. The topological polar surface area (TPSA) is 12.0 Å². The molecule has 1 nitrogen and oxygen atoms in total. The largest absolute Gasteiger partial charge is 0.388 e. The Hall–Kier alpha value is -2.54. The number of hydrogen-bond donors (Lipinski definition) is 1. The summed E-state index contributed by atoms with van der Waals surface area (Å²) in [4.78, 5) is 0. The molecule has 0 spiro atoms. The number of hydrogen-bond acceptors (Lipinski definition) is 1. The molecule has 128 valence electrons. The molecule has 0 aliphatic heterocycles. The van der Waals surface area contributed by atoms with Gasteiger partial charge in [-0.15, -0.1) is 0 Å². The fourth-order valence-electron chi connectivity index (χ4n) is 3.78. The molecule has 1 unspecified atom stereocenters. The van der Waals surface area contributed by atoms with Gasteiger partial charge in [0.25, 0.3) is 0 Å². The second-order valence-electron chi connectivity index (χ2n) is 6.97. The SMILES string of the molecule is CNc1cccc(C(c2ccccc2)C(C)C)c1-c1ccccc1C. The van der Waals surface area contributed by atoms with Crippen molar-refractivity contribution in [3.8, 4) is 11.1 Å². The summed E-state index contributed by atoms with van der Waals surface area (Å²) < 4.78 is 0. The van der Waals surface area contributed by atoms with E-state index in [0.29, 0.717) is 11.8 Å². The Bertz CT molecular complexity index is 834. The van der Waals surface area contributed by atoms with E-state index in [0.717, 1.165) is 0 Å². The molecule has 25 heavy (non-hydrogen) atoms. The van der Waals surface area contributed by atoms with Gasteiger partial charge in [0.2, 0.25) is 0 Å². The lowest BCUT2D eigenvalue weighted by atomic mass is 9.78. The molecule has 1 atom stereocenters. The van der Waals surface area contributed by atoms with Crippen molar-refractivity contribution in [2.75, 3.05) is 12.4 Å². The first kappa shape index (κ1) is 17.3. The van der Waals surface area contributed by atoms with Crippen LogP contribution >= 0.6 is 0 Å². The summed E-state index contributed by atoms with van der Waals surface area (Å²) in [5, 5.41) is 3.41. The fraction of sp³-hybridized carbons (Fsp3) is 0.250. The molecule has 0 aliphatic rings. The van der Waals surface area contributed by atoms with Crippen molar-refractivity contribution in [2.24, 2.45) is 5.92 Å². The van der Waals surface area contributed by atoms with Gasteiger partial charge in [0.1, 0.15) is 0 Å². The van der Waals surface area contributed by atoms with Gasteiger partial charge in [0.05, 0.1) is 0 Å². The average molecular weight is 329 g/mol. The summed E-state index contributed by atoms with van der Waals surface area (Å²) in [6.07, 6.45) is 0. The van der Waals surface area contributed by atoms with Crippen LogP contribution in [0.1, 0.15) is 36.5 Å². The average Bonchev–Trinajstić information content (AvgIpc) is 2.63. The molecule has 3 rings (SSSR count). The summed E-state index contributed by atoms with van der Waals surface area (Å²) in [7, 11) is 2.01. The monoisotopic (exact) mass is 329 g/mol. The lowest BCUT2D eigenvalue weighted by Gasteiger charge is -2.27. The molecule has 0 heterocycles. The van der Waals surface area contributed by atoms with Crippen LogP contribution in [0.2, 0.25) is 0 Å². The van der Waals surface area contributed by atoms with Crippen molar-refractivity contribution in [3.63, 3.8) is 0 Å². The van der Waals surface area contributed by atoms with E-state index in [1.807, 2.05) is 7.05 Å². The molecular formula is C24H27N. The minimum atomic E-state index is 0.365. The number of anilines is 1. The van der Waals surface area contributed by atoms with E-state index in [2.05, 4.69) is 98.9 Å². The van der Waals surface area contributed by atoms with Crippen LogP contribution in [0.4, 0.5) is 5.69 Å². The van der Waals surface area contributed by atoms with Gasteiger partial charge in [-0.2, -0.15) is 0 Å². The highest BCUT2D eigenvalue weighted by molar-refractivity contribution is 5.83. The predicted octanol–water partition coefficient (Wildman–Crippen LogP) is 6.49. The molecule has 0 aliphatic carbocycles. The Kier molecular flexibility index (Phi) is 5.23. The Morgan fingerprint density at radius 3 is 2.08 bits per heavy atom. The minimum absolute atomic E-state index is 0.365. The lowest BCUT2D eigenvalue weighted by molar-refractivity contribution is 0.565. The molecule has 3 aromatic rings. The first-order valence-corrected chi connectivity index (χ1v) is 9.05. The molecule has 0 aromatic heterocycles. The van der Waals surface area contributed by atoms with E-state index in [4.69, 9.17) is 0 Å². The maximum absolute atomic E-state index is 3.41. The highest BCUT2D eigenvalue weighted by atomic mass is 14.8. The molecule has 0 fully saturated rings. The summed E-state index contributed by atoms with van der Waals surface area (Å²) >= 11 is 0. The quantitative estimate of drug-likeness (QED) is 0.564. The number of benzene rings is 3. The summed E-state index contributed by atoms with van der Waals surface area (Å²) in [6.45, 7) is 6.81. The van der Waals surface area contributed by atoms with Gasteiger partial charge in [-0.3, -0.25) is 0 Å². The molecule has 0 saturated heterocycles. The van der Waals surface area contributed by atoms with Gasteiger partial charge in [0, 0.05) is 24.2 Å². The number of aryl methyl sites for hydroxylation is 1. The van der Waals surface area contributed by atoms with Gasteiger partial charge < -0.3 is 5.32 Å². The van der Waals surface area contributed by atoms with E-state index in [1.54, 1.807) is 0 Å². The fourth-order valence-corrected chi connectivity index (χ4v) is 3.78. The molecular weight excluding hydrogens is 302 g/mol. The third-order valence-electron chi connectivity index (χ3n) is 4.94. The van der Waals surface area contributed by atoms with Crippen molar-refractivity contribution >= 4 is 5.69 Å². The van der Waals surface area contributed by atoms with Crippen molar-refractivity contribution in [1.82, 2.24) is 0 Å². The lowest BCUT2D eigenvalue weighted by Crippen LogP contribution is -2.11. The number of rotatable bonds is 5. The van der Waals surface area contributed by atoms with E-state index in [1.165, 1.54) is 33.5 Å². The van der Waals surface area contributed by atoms with E-state index < -0.39 is 0 Å².